The highest BCUT2D eigenvalue weighted by molar-refractivity contribution is 6.15. The van der Waals surface area contributed by atoms with Gasteiger partial charge < -0.3 is 29.3 Å². The van der Waals surface area contributed by atoms with E-state index in [1.807, 2.05) is 0 Å². The summed E-state index contributed by atoms with van der Waals surface area (Å²) in [7, 11) is 0. The third-order valence-corrected chi connectivity index (χ3v) is 5.20. The molecule has 10 nitrogen and oxygen atoms in total. The van der Waals surface area contributed by atoms with Crippen LogP contribution in [0.5, 0.6) is 0 Å². The highest BCUT2D eigenvalue weighted by Gasteiger charge is 2.39. The Morgan fingerprint density at radius 2 is 1.59 bits per heavy atom. The number of piperazine rings is 1. The highest BCUT2D eigenvalue weighted by Crippen LogP contribution is 2.26. The van der Waals surface area contributed by atoms with Crippen LogP contribution >= 0.6 is 0 Å². The van der Waals surface area contributed by atoms with Crippen LogP contribution in [0.25, 0.3) is 0 Å². The molecule has 2 amide bonds. The van der Waals surface area contributed by atoms with Crippen molar-refractivity contribution in [3.05, 3.63) is 41.1 Å². The van der Waals surface area contributed by atoms with Crippen molar-refractivity contribution in [1.29, 1.82) is 0 Å². The molecule has 10 heteroatoms. The maximum absolute atomic E-state index is 13.3. The van der Waals surface area contributed by atoms with Crippen molar-refractivity contribution in [3.63, 3.8) is 0 Å². The number of nitrogens with one attached hydrogen (secondary N) is 1. The summed E-state index contributed by atoms with van der Waals surface area (Å²) in [5, 5.41) is 2.92. The van der Waals surface area contributed by atoms with E-state index < -0.39 is 29.4 Å². The number of rotatable bonds is 3. The van der Waals surface area contributed by atoms with Crippen LogP contribution in [-0.2, 0) is 23.8 Å². The number of hydrogen-bond donors (Lipinski definition) is 1. The smallest absolute Gasteiger partial charge is 0.410 e. The zero-order valence-electron chi connectivity index (χ0n) is 20.4. The molecule has 0 atom stereocenters. The van der Waals surface area contributed by atoms with Gasteiger partial charge in [0.25, 0.3) is 11.7 Å². The van der Waals surface area contributed by atoms with Crippen LogP contribution in [-0.4, -0.2) is 71.3 Å². The van der Waals surface area contributed by atoms with E-state index in [4.69, 9.17) is 14.2 Å². The van der Waals surface area contributed by atoms with Gasteiger partial charge in [-0.15, -0.1) is 0 Å². The number of carbonyl (C=O) groups excluding carboxylic acids is 4. The van der Waals surface area contributed by atoms with Crippen molar-refractivity contribution >= 4 is 29.6 Å². The molecular formula is C24H31N3O7. The number of nitrogens with zero attached hydrogens (tertiary/aromatic N) is 2. The molecule has 1 N–H and O–H groups in total. The normalized spacial score (nSPS) is 18.1. The van der Waals surface area contributed by atoms with Crippen molar-refractivity contribution in [3.8, 4) is 0 Å². The molecule has 0 unspecified atom stereocenters. The summed E-state index contributed by atoms with van der Waals surface area (Å²) >= 11 is 0. The van der Waals surface area contributed by atoms with E-state index >= 15 is 0 Å². The van der Waals surface area contributed by atoms with Crippen molar-refractivity contribution < 1.29 is 33.4 Å². The lowest BCUT2D eigenvalue weighted by Crippen LogP contribution is -2.51. The number of para-hydroxylation sites is 1. The Morgan fingerprint density at radius 3 is 2.15 bits per heavy atom. The molecule has 0 bridgehead atoms. The molecule has 0 spiro atoms. The third kappa shape index (κ3) is 5.86. The molecule has 184 valence electrons. The molecule has 34 heavy (non-hydrogen) atoms. The van der Waals surface area contributed by atoms with Crippen LogP contribution in [0.2, 0.25) is 0 Å². The van der Waals surface area contributed by atoms with Gasteiger partial charge in [0.15, 0.2) is 5.57 Å². The van der Waals surface area contributed by atoms with Gasteiger partial charge >= 0.3 is 18.0 Å². The van der Waals surface area contributed by atoms with Crippen molar-refractivity contribution in [1.82, 2.24) is 9.80 Å². The van der Waals surface area contributed by atoms with Crippen LogP contribution in [0.4, 0.5) is 10.5 Å². The monoisotopic (exact) mass is 473 g/mol. The Balaban J connectivity index is 1.73. The minimum Gasteiger partial charge on any atom is -0.444 e. The van der Waals surface area contributed by atoms with E-state index in [2.05, 4.69) is 5.32 Å². The van der Waals surface area contributed by atoms with E-state index in [-0.39, 0.29) is 11.5 Å². The lowest BCUT2D eigenvalue weighted by Gasteiger charge is -2.36. The number of amides is 2. The van der Waals surface area contributed by atoms with Crippen LogP contribution in [0.15, 0.2) is 30.0 Å². The first kappa shape index (κ1) is 25.1. The minimum absolute atomic E-state index is 0.233. The molecule has 1 aromatic rings. The van der Waals surface area contributed by atoms with E-state index in [9.17, 15) is 19.2 Å². The van der Waals surface area contributed by atoms with E-state index in [1.54, 1.807) is 55.7 Å². The van der Waals surface area contributed by atoms with Gasteiger partial charge in [0.05, 0.1) is 11.3 Å². The number of anilines is 1. The molecular weight excluding hydrogens is 442 g/mol. The fourth-order valence-electron chi connectivity index (χ4n) is 3.55. The van der Waals surface area contributed by atoms with Gasteiger partial charge in [0.2, 0.25) is 0 Å². The average molecular weight is 474 g/mol. The van der Waals surface area contributed by atoms with Gasteiger partial charge in [-0.1, -0.05) is 12.1 Å². The van der Waals surface area contributed by atoms with Crippen LogP contribution in [0.1, 0.15) is 50.5 Å². The maximum atomic E-state index is 13.3. The average Bonchev–Trinajstić information content (AvgIpc) is 2.71. The van der Waals surface area contributed by atoms with Crippen LogP contribution in [0, 0.1) is 6.92 Å². The molecule has 1 aromatic carbocycles. The molecule has 0 aromatic heterocycles. The molecule has 2 heterocycles. The molecule has 0 aliphatic carbocycles. The summed E-state index contributed by atoms with van der Waals surface area (Å²) in [6.07, 6.45) is 0.790. The topological polar surface area (TPSA) is 114 Å². The van der Waals surface area contributed by atoms with Crippen molar-refractivity contribution in [2.45, 2.75) is 52.9 Å². The number of benzene rings is 1. The van der Waals surface area contributed by atoms with Crippen molar-refractivity contribution in [2.24, 2.45) is 0 Å². The Labute approximate surface area is 198 Å². The first-order chi connectivity index (χ1) is 15.8. The van der Waals surface area contributed by atoms with Crippen LogP contribution < -0.4 is 5.32 Å². The number of aryl methyl sites for hydroxylation is 1. The number of carbonyl (C=O) groups is 4. The van der Waals surface area contributed by atoms with Gasteiger partial charge in [-0.25, -0.2) is 14.4 Å². The fourth-order valence-corrected chi connectivity index (χ4v) is 3.55. The lowest BCUT2D eigenvalue weighted by molar-refractivity contribution is -0.222. The summed E-state index contributed by atoms with van der Waals surface area (Å²) in [6.45, 7) is 11.6. The van der Waals surface area contributed by atoms with E-state index in [0.29, 0.717) is 37.4 Å². The standard InChI is InChI=1S/C24H31N3O7/c1-15-8-7-9-16(18(15)25-14-17-20(29)32-24(5,6)33-21(17)30)19(28)26-10-12-27(13-11-26)22(31)34-23(2,3)4/h7-9,14,25H,10-13H2,1-6H3. The summed E-state index contributed by atoms with van der Waals surface area (Å²) in [6, 6.07) is 5.22. The van der Waals surface area contributed by atoms with E-state index in [1.165, 1.54) is 20.0 Å². The number of ether oxygens (including phenoxy) is 3. The Kier molecular flexibility index (Phi) is 6.90. The molecule has 2 aliphatic rings. The van der Waals surface area contributed by atoms with Gasteiger partial charge in [-0.3, -0.25) is 4.79 Å². The first-order valence-electron chi connectivity index (χ1n) is 11.1. The third-order valence-electron chi connectivity index (χ3n) is 5.20. The second-order valence-corrected chi connectivity index (χ2v) is 9.64. The van der Waals surface area contributed by atoms with Gasteiger partial charge in [-0.05, 0) is 39.3 Å². The predicted molar refractivity (Wildman–Crippen MR) is 123 cm³/mol. The first-order valence-corrected chi connectivity index (χ1v) is 11.1. The summed E-state index contributed by atoms with van der Waals surface area (Å²) < 4.78 is 15.6. The van der Waals surface area contributed by atoms with Crippen molar-refractivity contribution in [2.75, 3.05) is 31.5 Å². The fraction of sp³-hybridized carbons (Fsp3) is 0.500. The van der Waals surface area contributed by atoms with E-state index in [0.717, 1.165) is 5.56 Å². The summed E-state index contributed by atoms with van der Waals surface area (Å²) in [5.74, 6) is -3.19. The van der Waals surface area contributed by atoms with Crippen LogP contribution in [0.3, 0.4) is 0 Å². The Morgan fingerprint density at radius 1 is 1.03 bits per heavy atom. The number of cyclic esters (lactones) is 2. The summed E-state index contributed by atoms with van der Waals surface area (Å²) in [5.41, 5.74) is 0.688. The lowest BCUT2D eigenvalue weighted by atomic mass is 10.1. The minimum atomic E-state index is -1.34. The number of esters is 2. The molecule has 2 saturated heterocycles. The summed E-state index contributed by atoms with van der Waals surface area (Å²) in [4.78, 5) is 53.3. The second kappa shape index (κ2) is 9.36. The zero-order chi connectivity index (χ0) is 25.3. The molecule has 2 fully saturated rings. The highest BCUT2D eigenvalue weighted by atomic mass is 16.7. The molecule has 0 saturated carbocycles. The van der Waals surface area contributed by atoms with Gasteiger partial charge in [0, 0.05) is 46.2 Å². The maximum Gasteiger partial charge on any atom is 0.410 e. The number of hydrogen-bond acceptors (Lipinski definition) is 8. The molecule has 0 radical (unpaired) electrons. The quantitative estimate of drug-likeness (QED) is 0.405. The predicted octanol–water partition coefficient (Wildman–Crippen LogP) is 2.82. The van der Waals surface area contributed by atoms with Gasteiger partial charge in [0.1, 0.15) is 5.60 Å². The zero-order valence-corrected chi connectivity index (χ0v) is 20.4. The molecule has 2 aliphatic heterocycles. The molecule has 3 rings (SSSR count). The Bertz CT molecular complexity index is 1010. The largest absolute Gasteiger partial charge is 0.444 e. The SMILES string of the molecule is Cc1cccc(C(=O)N2CCN(C(=O)OC(C)(C)C)CC2)c1NC=C1C(=O)OC(C)(C)OC1=O. The Hall–Kier alpha value is -3.56. The second-order valence-electron chi connectivity index (χ2n) is 9.64. The van der Waals surface area contributed by atoms with Gasteiger partial charge in [-0.2, -0.15) is 0 Å².